The Morgan fingerprint density at radius 3 is 2.60 bits per heavy atom. The summed E-state index contributed by atoms with van der Waals surface area (Å²) in [5.74, 6) is 0.475. The zero-order valence-corrected chi connectivity index (χ0v) is 11.9. The lowest BCUT2D eigenvalue weighted by atomic mass is 10.1. The van der Waals surface area contributed by atoms with Gasteiger partial charge in [-0.05, 0) is 53.9 Å². The van der Waals surface area contributed by atoms with Crippen LogP contribution in [0.1, 0.15) is 31.9 Å². The number of tetrazole rings is 1. The summed E-state index contributed by atoms with van der Waals surface area (Å²) in [6.45, 7) is 5.42. The van der Waals surface area contributed by atoms with Crippen molar-refractivity contribution < 1.29 is 5.11 Å². The summed E-state index contributed by atoms with van der Waals surface area (Å²) in [5.41, 5.74) is 2.16. The largest absolute Gasteiger partial charge is 0.396 e. The quantitative estimate of drug-likeness (QED) is 0.797. The molecule has 6 heteroatoms. The summed E-state index contributed by atoms with van der Waals surface area (Å²) in [6, 6.07) is 8.43. The van der Waals surface area contributed by atoms with Gasteiger partial charge in [-0.1, -0.05) is 19.1 Å². The summed E-state index contributed by atoms with van der Waals surface area (Å²) in [5, 5.41) is 23.5. The first kappa shape index (κ1) is 14.6. The number of aliphatic hydroxyl groups is 1. The molecular formula is C14H21N5O. The maximum absolute atomic E-state index is 8.89. The van der Waals surface area contributed by atoms with Crippen molar-refractivity contribution in [1.82, 2.24) is 25.5 Å². The molecule has 0 fully saturated rings. The molecule has 0 bridgehead atoms. The van der Waals surface area contributed by atoms with Gasteiger partial charge in [0, 0.05) is 12.6 Å². The van der Waals surface area contributed by atoms with Gasteiger partial charge in [-0.25, -0.2) is 4.68 Å². The van der Waals surface area contributed by atoms with E-state index in [1.165, 1.54) is 5.56 Å². The molecule has 2 unspecified atom stereocenters. The van der Waals surface area contributed by atoms with Gasteiger partial charge in [-0.2, -0.15) is 0 Å². The summed E-state index contributed by atoms with van der Waals surface area (Å²) in [7, 11) is 0. The van der Waals surface area contributed by atoms with Crippen LogP contribution in [0.2, 0.25) is 0 Å². The van der Waals surface area contributed by atoms with Crippen LogP contribution < -0.4 is 5.32 Å². The molecule has 2 rings (SSSR count). The van der Waals surface area contributed by atoms with Crippen molar-refractivity contribution in [3.63, 3.8) is 0 Å². The monoisotopic (exact) mass is 275 g/mol. The van der Waals surface area contributed by atoms with Crippen molar-refractivity contribution in [3.05, 3.63) is 36.2 Å². The zero-order valence-electron chi connectivity index (χ0n) is 11.9. The molecule has 2 N–H and O–H groups in total. The minimum absolute atomic E-state index is 0.248. The van der Waals surface area contributed by atoms with Gasteiger partial charge in [-0.15, -0.1) is 5.10 Å². The average molecular weight is 275 g/mol. The van der Waals surface area contributed by atoms with Crippen molar-refractivity contribution in [2.45, 2.75) is 26.3 Å². The molecule has 2 aromatic rings. The van der Waals surface area contributed by atoms with Crippen molar-refractivity contribution in [2.75, 3.05) is 13.2 Å². The van der Waals surface area contributed by atoms with E-state index in [1.54, 1.807) is 11.0 Å². The second kappa shape index (κ2) is 7.12. The molecule has 1 heterocycles. The highest BCUT2D eigenvalue weighted by Crippen LogP contribution is 2.15. The van der Waals surface area contributed by atoms with Gasteiger partial charge in [0.15, 0.2) is 0 Å². The Morgan fingerprint density at radius 1 is 1.25 bits per heavy atom. The van der Waals surface area contributed by atoms with Crippen LogP contribution in [0.4, 0.5) is 0 Å². The van der Waals surface area contributed by atoms with Crippen LogP contribution in [0.5, 0.6) is 0 Å². The first-order chi connectivity index (χ1) is 9.70. The third-order valence-corrected chi connectivity index (χ3v) is 3.40. The molecule has 0 aliphatic heterocycles. The number of rotatable bonds is 7. The van der Waals surface area contributed by atoms with Gasteiger partial charge in [0.25, 0.3) is 0 Å². The Balaban J connectivity index is 1.92. The lowest BCUT2D eigenvalue weighted by Crippen LogP contribution is -2.25. The highest BCUT2D eigenvalue weighted by atomic mass is 16.3. The molecule has 108 valence electrons. The third kappa shape index (κ3) is 3.85. The number of hydrogen-bond donors (Lipinski definition) is 2. The molecule has 0 aliphatic carbocycles. The molecule has 0 radical (unpaired) electrons. The van der Waals surface area contributed by atoms with Gasteiger partial charge in [0.05, 0.1) is 5.69 Å². The van der Waals surface area contributed by atoms with Crippen LogP contribution in [-0.4, -0.2) is 38.5 Å². The predicted octanol–water partition coefficient (Wildman–Crippen LogP) is 1.33. The van der Waals surface area contributed by atoms with Crippen LogP contribution in [0, 0.1) is 5.92 Å². The molecule has 1 aromatic heterocycles. The van der Waals surface area contributed by atoms with Crippen LogP contribution in [-0.2, 0) is 0 Å². The van der Waals surface area contributed by atoms with Crippen LogP contribution in [0.3, 0.4) is 0 Å². The van der Waals surface area contributed by atoms with E-state index in [-0.39, 0.29) is 12.6 Å². The Kier molecular flexibility index (Phi) is 5.20. The van der Waals surface area contributed by atoms with E-state index in [0.717, 1.165) is 18.7 Å². The third-order valence-electron chi connectivity index (χ3n) is 3.40. The second-order valence-electron chi connectivity index (χ2n) is 5.09. The number of benzene rings is 1. The summed E-state index contributed by atoms with van der Waals surface area (Å²) >= 11 is 0. The van der Waals surface area contributed by atoms with Crippen LogP contribution >= 0.6 is 0 Å². The summed E-state index contributed by atoms with van der Waals surface area (Å²) < 4.78 is 1.63. The summed E-state index contributed by atoms with van der Waals surface area (Å²) in [6.07, 6.45) is 2.41. The zero-order chi connectivity index (χ0) is 14.4. The van der Waals surface area contributed by atoms with E-state index in [9.17, 15) is 0 Å². The SMILES string of the molecule is CC(CCO)CNC(C)c1ccc(-n2cnnn2)cc1. The maximum Gasteiger partial charge on any atom is 0.143 e. The normalized spacial score (nSPS) is 14.2. The van der Waals surface area contributed by atoms with Crippen LogP contribution in [0.15, 0.2) is 30.6 Å². The smallest absolute Gasteiger partial charge is 0.143 e. The Morgan fingerprint density at radius 2 is 2.00 bits per heavy atom. The Bertz CT molecular complexity index is 497. The van der Waals surface area contributed by atoms with Crippen molar-refractivity contribution in [1.29, 1.82) is 0 Å². The van der Waals surface area contributed by atoms with Crippen LogP contribution in [0.25, 0.3) is 5.69 Å². The molecular weight excluding hydrogens is 254 g/mol. The maximum atomic E-state index is 8.89. The van der Waals surface area contributed by atoms with Gasteiger partial charge < -0.3 is 10.4 Å². The van der Waals surface area contributed by atoms with E-state index in [4.69, 9.17) is 5.11 Å². The number of nitrogens with zero attached hydrogens (tertiary/aromatic N) is 4. The standard InChI is InChI=1S/C14H21N5O/c1-11(7-8-20)9-15-12(2)13-3-5-14(6-4-13)19-10-16-17-18-19/h3-6,10-12,15,20H,7-9H2,1-2H3. The lowest BCUT2D eigenvalue weighted by molar-refractivity contribution is 0.258. The molecule has 0 saturated heterocycles. The molecule has 20 heavy (non-hydrogen) atoms. The van der Waals surface area contributed by atoms with Crippen molar-refractivity contribution in [2.24, 2.45) is 5.92 Å². The van der Waals surface area contributed by atoms with Crippen molar-refractivity contribution in [3.8, 4) is 5.69 Å². The lowest BCUT2D eigenvalue weighted by Gasteiger charge is -2.17. The number of aromatic nitrogens is 4. The minimum Gasteiger partial charge on any atom is -0.396 e. The van der Waals surface area contributed by atoms with Gasteiger partial charge in [0.1, 0.15) is 6.33 Å². The fourth-order valence-electron chi connectivity index (χ4n) is 2.01. The molecule has 0 spiro atoms. The fraction of sp³-hybridized carbons (Fsp3) is 0.500. The molecule has 6 nitrogen and oxygen atoms in total. The number of aliphatic hydroxyl groups excluding tert-OH is 1. The topological polar surface area (TPSA) is 75.9 Å². The predicted molar refractivity (Wildman–Crippen MR) is 76.4 cm³/mol. The van der Waals surface area contributed by atoms with E-state index in [1.807, 2.05) is 12.1 Å². The van der Waals surface area contributed by atoms with Gasteiger partial charge >= 0.3 is 0 Å². The minimum atomic E-state index is 0.248. The Hall–Kier alpha value is -1.79. The van der Waals surface area contributed by atoms with E-state index in [0.29, 0.717) is 5.92 Å². The first-order valence-electron chi connectivity index (χ1n) is 6.88. The van der Waals surface area contributed by atoms with E-state index >= 15 is 0 Å². The molecule has 2 atom stereocenters. The first-order valence-corrected chi connectivity index (χ1v) is 6.88. The highest BCUT2D eigenvalue weighted by Gasteiger charge is 2.08. The van der Waals surface area contributed by atoms with E-state index < -0.39 is 0 Å². The highest BCUT2D eigenvalue weighted by molar-refractivity contribution is 5.34. The van der Waals surface area contributed by atoms with Crippen molar-refractivity contribution >= 4 is 0 Å². The second-order valence-corrected chi connectivity index (χ2v) is 5.09. The molecule has 0 aliphatic rings. The number of nitrogens with one attached hydrogen (secondary N) is 1. The van der Waals surface area contributed by atoms with Gasteiger partial charge in [-0.3, -0.25) is 0 Å². The fourth-order valence-corrected chi connectivity index (χ4v) is 2.01. The molecule has 0 saturated carbocycles. The number of hydrogen-bond acceptors (Lipinski definition) is 5. The van der Waals surface area contributed by atoms with E-state index in [2.05, 4.69) is 46.8 Å². The summed E-state index contributed by atoms with van der Waals surface area (Å²) in [4.78, 5) is 0. The molecule has 1 aromatic carbocycles. The van der Waals surface area contributed by atoms with Gasteiger partial charge in [0.2, 0.25) is 0 Å². The Labute approximate surface area is 118 Å². The molecule has 0 amide bonds. The average Bonchev–Trinajstić information content (AvgIpc) is 2.99.